The fraction of sp³-hybridized carbons (Fsp3) is 0.333. The first-order valence-electron chi connectivity index (χ1n) is 10.9. The van der Waals surface area contributed by atoms with Crippen molar-refractivity contribution in [3.05, 3.63) is 78.5 Å². The van der Waals surface area contributed by atoms with E-state index in [1.807, 2.05) is 56.9 Å². The number of hydrogen-bond acceptors (Lipinski definition) is 4. The molecule has 0 N–H and O–H groups in total. The monoisotopic (exact) mass is 414 g/mol. The first-order valence-corrected chi connectivity index (χ1v) is 10.9. The van der Waals surface area contributed by atoms with Crippen molar-refractivity contribution in [1.82, 2.24) is 29.2 Å². The summed E-state index contributed by atoms with van der Waals surface area (Å²) < 4.78 is 4.00. The van der Waals surface area contributed by atoms with Gasteiger partial charge in [0, 0.05) is 38.2 Å². The van der Waals surface area contributed by atoms with Gasteiger partial charge in [-0.15, -0.1) is 0 Å². The topological polar surface area (TPSA) is 68.8 Å². The second-order valence-corrected chi connectivity index (χ2v) is 8.22. The Morgan fingerprint density at radius 3 is 2.68 bits per heavy atom. The van der Waals surface area contributed by atoms with Crippen LogP contribution in [0.25, 0.3) is 11.2 Å². The van der Waals surface area contributed by atoms with Crippen molar-refractivity contribution in [3.8, 4) is 0 Å². The molecule has 1 fully saturated rings. The molecule has 0 atom stereocenters. The van der Waals surface area contributed by atoms with Gasteiger partial charge in [-0.2, -0.15) is 5.10 Å². The summed E-state index contributed by atoms with van der Waals surface area (Å²) in [6.45, 7) is 3.24. The van der Waals surface area contributed by atoms with E-state index >= 15 is 0 Å². The summed E-state index contributed by atoms with van der Waals surface area (Å²) in [5.74, 6) is 0.695. The van der Waals surface area contributed by atoms with Gasteiger partial charge in [-0.3, -0.25) is 9.48 Å². The lowest BCUT2D eigenvalue weighted by atomic mass is 9.93. The average Bonchev–Trinajstić information content (AvgIpc) is 3.48. The molecule has 1 saturated heterocycles. The molecule has 5 rings (SSSR count). The van der Waals surface area contributed by atoms with Crippen LogP contribution in [0.4, 0.5) is 0 Å². The third-order valence-electron chi connectivity index (χ3n) is 6.13. The first kappa shape index (κ1) is 19.5. The van der Waals surface area contributed by atoms with Crippen LogP contribution in [0.5, 0.6) is 0 Å². The molecule has 0 bridgehead atoms. The van der Waals surface area contributed by atoms with E-state index in [4.69, 9.17) is 0 Å². The lowest BCUT2D eigenvalue weighted by Crippen LogP contribution is -2.38. The Bertz CT molecular complexity index is 1140. The first-order chi connectivity index (χ1) is 15.3. The van der Waals surface area contributed by atoms with Gasteiger partial charge in [-0.25, -0.2) is 9.97 Å². The van der Waals surface area contributed by atoms with E-state index in [9.17, 15) is 4.79 Å². The molecular weight excluding hydrogens is 388 g/mol. The molecule has 0 spiro atoms. The fourth-order valence-electron chi connectivity index (χ4n) is 4.32. The molecule has 7 heteroatoms. The zero-order chi connectivity index (χ0) is 21.0. The number of carbonyl (C=O) groups is 1. The van der Waals surface area contributed by atoms with Crippen LogP contribution < -0.4 is 0 Å². The molecule has 3 aromatic heterocycles. The molecule has 7 nitrogen and oxygen atoms in total. The van der Waals surface area contributed by atoms with Gasteiger partial charge in [-0.1, -0.05) is 30.3 Å². The summed E-state index contributed by atoms with van der Waals surface area (Å²) in [6.07, 6.45) is 10.5. The number of rotatable bonds is 6. The fourth-order valence-corrected chi connectivity index (χ4v) is 4.32. The van der Waals surface area contributed by atoms with Crippen molar-refractivity contribution >= 4 is 17.1 Å². The number of carbonyl (C=O) groups excluding carboxylic acids is 1. The van der Waals surface area contributed by atoms with Gasteiger partial charge in [0.2, 0.25) is 0 Å². The maximum Gasteiger partial charge on any atom is 0.255 e. The van der Waals surface area contributed by atoms with Crippen LogP contribution in [0.1, 0.15) is 35.2 Å². The van der Waals surface area contributed by atoms with Crippen LogP contribution in [-0.2, 0) is 13.1 Å². The molecule has 4 aromatic rings. The average molecular weight is 415 g/mol. The Kier molecular flexibility index (Phi) is 5.48. The van der Waals surface area contributed by atoms with Gasteiger partial charge in [0.05, 0.1) is 18.4 Å². The van der Waals surface area contributed by atoms with E-state index in [0.717, 1.165) is 50.1 Å². The van der Waals surface area contributed by atoms with E-state index in [-0.39, 0.29) is 5.91 Å². The molecule has 0 saturated carbocycles. The number of piperidine rings is 1. The van der Waals surface area contributed by atoms with Gasteiger partial charge >= 0.3 is 0 Å². The van der Waals surface area contributed by atoms with Gasteiger partial charge in [0.25, 0.3) is 5.91 Å². The predicted molar refractivity (Wildman–Crippen MR) is 119 cm³/mol. The third kappa shape index (κ3) is 4.35. The van der Waals surface area contributed by atoms with Gasteiger partial charge in [0.15, 0.2) is 5.65 Å². The largest absolute Gasteiger partial charge is 0.339 e. The number of pyridine rings is 1. The van der Waals surface area contributed by atoms with Crippen molar-refractivity contribution < 1.29 is 4.79 Å². The molecule has 1 aromatic carbocycles. The second-order valence-electron chi connectivity index (χ2n) is 8.22. The number of imidazole rings is 1. The quantitative estimate of drug-likeness (QED) is 0.483. The van der Waals surface area contributed by atoms with E-state index in [1.54, 1.807) is 12.5 Å². The molecule has 158 valence electrons. The molecule has 0 aliphatic carbocycles. The Balaban J connectivity index is 1.21. The maximum atomic E-state index is 13.0. The molecule has 0 unspecified atom stereocenters. The lowest BCUT2D eigenvalue weighted by Gasteiger charge is -2.32. The highest BCUT2D eigenvalue weighted by Crippen LogP contribution is 2.23. The van der Waals surface area contributed by atoms with Crippen molar-refractivity contribution in [1.29, 1.82) is 0 Å². The summed E-state index contributed by atoms with van der Waals surface area (Å²) in [5, 5.41) is 4.27. The summed E-state index contributed by atoms with van der Waals surface area (Å²) in [6, 6.07) is 14.1. The van der Waals surface area contributed by atoms with Crippen LogP contribution >= 0.6 is 0 Å². The van der Waals surface area contributed by atoms with Gasteiger partial charge in [0.1, 0.15) is 5.52 Å². The highest BCUT2D eigenvalue weighted by molar-refractivity contribution is 5.96. The van der Waals surface area contributed by atoms with Gasteiger partial charge in [-0.05, 0) is 42.9 Å². The number of hydrogen-bond donors (Lipinski definition) is 0. The third-order valence-corrected chi connectivity index (χ3v) is 6.13. The van der Waals surface area contributed by atoms with Crippen LogP contribution in [-0.4, -0.2) is 48.2 Å². The van der Waals surface area contributed by atoms with Crippen LogP contribution in [0.2, 0.25) is 0 Å². The number of fused-ring (bicyclic) bond motifs is 1. The van der Waals surface area contributed by atoms with Crippen molar-refractivity contribution in [2.75, 3.05) is 13.1 Å². The van der Waals surface area contributed by atoms with E-state index in [0.29, 0.717) is 18.0 Å². The summed E-state index contributed by atoms with van der Waals surface area (Å²) in [4.78, 5) is 24.0. The molecule has 31 heavy (non-hydrogen) atoms. The smallest absolute Gasteiger partial charge is 0.255 e. The van der Waals surface area contributed by atoms with Crippen LogP contribution in [0.3, 0.4) is 0 Å². The number of benzene rings is 1. The zero-order valence-corrected chi connectivity index (χ0v) is 17.5. The molecule has 0 radical (unpaired) electrons. The number of aromatic nitrogens is 5. The highest BCUT2D eigenvalue weighted by Gasteiger charge is 2.24. The van der Waals surface area contributed by atoms with Crippen LogP contribution in [0.15, 0.2) is 67.4 Å². The Morgan fingerprint density at radius 1 is 1.06 bits per heavy atom. The van der Waals surface area contributed by atoms with Gasteiger partial charge < -0.3 is 9.47 Å². The highest BCUT2D eigenvalue weighted by atomic mass is 16.2. The number of likely N-dealkylation sites (tertiary alicyclic amines) is 1. The SMILES string of the molecule is O=C(c1cnc2c(c1)ncn2Cc1ccccc1)N1CCC(CCn2cccn2)CC1. The molecule has 1 aliphatic rings. The van der Waals surface area contributed by atoms with E-state index in [2.05, 4.69) is 27.2 Å². The summed E-state index contributed by atoms with van der Waals surface area (Å²) in [5.41, 5.74) is 3.38. The maximum absolute atomic E-state index is 13.0. The predicted octanol–water partition coefficient (Wildman–Crippen LogP) is 3.62. The molecular formula is C24H26N6O. The molecule has 4 heterocycles. The Labute approximate surface area is 181 Å². The minimum Gasteiger partial charge on any atom is -0.339 e. The molecule has 1 aliphatic heterocycles. The van der Waals surface area contributed by atoms with E-state index in [1.165, 1.54) is 5.56 Å². The summed E-state index contributed by atoms with van der Waals surface area (Å²) in [7, 11) is 0. The number of amides is 1. The number of aryl methyl sites for hydroxylation is 1. The standard InChI is InChI=1S/C24H26N6O/c31-24(28-12-7-19(8-13-28)9-14-30-11-4-10-27-30)21-15-22-23(25-16-21)29(18-26-22)17-20-5-2-1-3-6-20/h1-6,10-11,15-16,18-19H,7-9,12-14,17H2. The Morgan fingerprint density at radius 2 is 1.90 bits per heavy atom. The van der Waals surface area contributed by atoms with Crippen LogP contribution in [0, 0.1) is 5.92 Å². The lowest BCUT2D eigenvalue weighted by molar-refractivity contribution is 0.0684. The second kappa shape index (κ2) is 8.71. The van der Waals surface area contributed by atoms with Crippen molar-refractivity contribution in [3.63, 3.8) is 0 Å². The summed E-state index contributed by atoms with van der Waals surface area (Å²) >= 11 is 0. The Hall–Kier alpha value is -3.48. The minimum atomic E-state index is 0.0533. The molecule has 1 amide bonds. The van der Waals surface area contributed by atoms with Crippen molar-refractivity contribution in [2.45, 2.75) is 32.4 Å². The normalized spacial score (nSPS) is 14.9. The number of nitrogens with zero attached hydrogens (tertiary/aromatic N) is 6. The minimum absolute atomic E-state index is 0.0533. The zero-order valence-electron chi connectivity index (χ0n) is 17.5. The van der Waals surface area contributed by atoms with E-state index < -0.39 is 0 Å². The van der Waals surface area contributed by atoms with Crippen molar-refractivity contribution in [2.24, 2.45) is 5.92 Å².